The molecule has 7 nitrogen and oxygen atoms in total. The van der Waals surface area contributed by atoms with E-state index in [1.165, 1.54) is 19.3 Å². The van der Waals surface area contributed by atoms with E-state index < -0.39 is 0 Å². The molecular formula is C22H33N3O4. The van der Waals surface area contributed by atoms with Gasteiger partial charge < -0.3 is 25.0 Å². The van der Waals surface area contributed by atoms with E-state index in [-0.39, 0.29) is 11.9 Å². The molecule has 3 amide bonds. The maximum Gasteiger partial charge on any atom is 0.319 e. The van der Waals surface area contributed by atoms with E-state index in [1.54, 1.807) is 30.2 Å². The summed E-state index contributed by atoms with van der Waals surface area (Å²) in [6.45, 7) is 3.88. The second-order valence-corrected chi connectivity index (χ2v) is 7.94. The molecule has 2 fully saturated rings. The number of carbonyl (C=O) groups is 2. The molecule has 0 spiro atoms. The molecule has 0 radical (unpaired) electrons. The van der Waals surface area contributed by atoms with E-state index in [9.17, 15) is 9.59 Å². The minimum absolute atomic E-state index is 0.0882. The molecule has 3 rings (SSSR count). The van der Waals surface area contributed by atoms with Gasteiger partial charge in [0.1, 0.15) is 5.75 Å². The molecule has 1 saturated heterocycles. The van der Waals surface area contributed by atoms with Crippen LogP contribution in [0.5, 0.6) is 5.75 Å². The molecule has 2 N–H and O–H groups in total. The summed E-state index contributed by atoms with van der Waals surface area (Å²) in [7, 11) is 1.58. The van der Waals surface area contributed by atoms with Crippen molar-refractivity contribution in [3.63, 3.8) is 0 Å². The second-order valence-electron chi connectivity index (χ2n) is 7.94. The number of ether oxygens (including phenoxy) is 2. The van der Waals surface area contributed by atoms with E-state index in [4.69, 9.17) is 9.47 Å². The fourth-order valence-corrected chi connectivity index (χ4v) is 4.12. The normalized spacial score (nSPS) is 22.3. The van der Waals surface area contributed by atoms with Gasteiger partial charge in [-0.1, -0.05) is 19.8 Å². The second kappa shape index (κ2) is 10.5. The molecule has 0 aromatic heterocycles. The molecule has 160 valence electrons. The van der Waals surface area contributed by atoms with Crippen LogP contribution in [0.3, 0.4) is 0 Å². The van der Waals surface area contributed by atoms with E-state index in [2.05, 4.69) is 17.6 Å². The third-order valence-electron chi connectivity index (χ3n) is 5.80. The number of amides is 3. The third-order valence-corrected chi connectivity index (χ3v) is 5.80. The Hall–Kier alpha value is -2.28. The van der Waals surface area contributed by atoms with Crippen LogP contribution < -0.4 is 20.3 Å². The third kappa shape index (κ3) is 5.85. The lowest BCUT2D eigenvalue weighted by Crippen LogP contribution is -2.36. The average Bonchev–Trinajstić information content (AvgIpc) is 2.73. The number of hydrogen-bond donors (Lipinski definition) is 2. The Labute approximate surface area is 173 Å². The number of benzene rings is 1. The number of methoxy groups -OCH3 is 1. The predicted octanol–water partition coefficient (Wildman–Crippen LogP) is 3.93. The van der Waals surface area contributed by atoms with Gasteiger partial charge in [0.15, 0.2) is 0 Å². The van der Waals surface area contributed by atoms with Crippen LogP contribution >= 0.6 is 0 Å². The Bertz CT molecular complexity index is 709. The standard InChI is InChI=1S/C22H33N3O4/c1-16-7-3-4-8-19(16)29-14-12-23-22(27)24-17-10-11-20(28-2)18(15-17)25-13-6-5-9-21(25)26/h10-11,15-16,19H,3-9,12-14H2,1-2H3,(H2,23,24,27)/t16-,19+/m0/s1. The topological polar surface area (TPSA) is 79.9 Å². The lowest BCUT2D eigenvalue weighted by atomic mass is 9.88. The first-order valence-electron chi connectivity index (χ1n) is 10.7. The molecule has 7 heteroatoms. The quantitative estimate of drug-likeness (QED) is 0.676. The zero-order valence-corrected chi connectivity index (χ0v) is 17.5. The number of nitrogens with zero attached hydrogens (tertiary/aromatic N) is 1. The lowest BCUT2D eigenvalue weighted by molar-refractivity contribution is -0.119. The van der Waals surface area contributed by atoms with E-state index in [1.807, 2.05) is 0 Å². The number of nitrogens with one attached hydrogen (secondary N) is 2. The monoisotopic (exact) mass is 403 g/mol. The van der Waals surface area contributed by atoms with Crippen LogP contribution in [0.2, 0.25) is 0 Å². The Morgan fingerprint density at radius 1 is 1.21 bits per heavy atom. The van der Waals surface area contributed by atoms with Gasteiger partial charge in [0.2, 0.25) is 5.91 Å². The van der Waals surface area contributed by atoms with Crippen molar-refractivity contribution >= 4 is 23.3 Å². The van der Waals surface area contributed by atoms with Crippen LogP contribution in [0.1, 0.15) is 51.9 Å². The van der Waals surface area contributed by atoms with Crippen molar-refractivity contribution in [2.24, 2.45) is 5.92 Å². The van der Waals surface area contributed by atoms with Crippen molar-refractivity contribution in [1.82, 2.24) is 5.32 Å². The minimum Gasteiger partial charge on any atom is -0.495 e. The van der Waals surface area contributed by atoms with Gasteiger partial charge in [0.05, 0.1) is 25.5 Å². The van der Waals surface area contributed by atoms with Crippen molar-refractivity contribution in [1.29, 1.82) is 0 Å². The Balaban J connectivity index is 1.50. The van der Waals surface area contributed by atoms with Crippen molar-refractivity contribution in [3.05, 3.63) is 18.2 Å². The lowest BCUT2D eigenvalue weighted by Gasteiger charge is -2.29. The van der Waals surface area contributed by atoms with Gasteiger partial charge in [0, 0.05) is 25.2 Å². The molecule has 2 atom stereocenters. The van der Waals surface area contributed by atoms with Crippen molar-refractivity contribution in [3.8, 4) is 5.75 Å². The SMILES string of the molecule is COc1ccc(NC(=O)NCCO[C@@H]2CCCC[C@@H]2C)cc1N1CCCCC1=O. The fourth-order valence-electron chi connectivity index (χ4n) is 4.12. The van der Waals surface area contributed by atoms with Crippen LogP contribution in [0.4, 0.5) is 16.2 Å². The molecule has 1 aliphatic heterocycles. The molecule has 1 heterocycles. The summed E-state index contributed by atoms with van der Waals surface area (Å²) >= 11 is 0. The highest BCUT2D eigenvalue weighted by Crippen LogP contribution is 2.33. The number of anilines is 2. The zero-order chi connectivity index (χ0) is 20.6. The van der Waals surface area contributed by atoms with Gasteiger partial charge in [-0.25, -0.2) is 4.79 Å². The van der Waals surface area contributed by atoms with Crippen molar-refractivity contribution in [2.45, 2.75) is 58.0 Å². The first kappa shape index (κ1) is 21.4. The van der Waals surface area contributed by atoms with Crippen LogP contribution in [-0.2, 0) is 9.53 Å². The zero-order valence-electron chi connectivity index (χ0n) is 17.5. The van der Waals surface area contributed by atoms with Gasteiger partial charge in [-0.05, 0) is 49.8 Å². The van der Waals surface area contributed by atoms with Gasteiger partial charge in [-0.3, -0.25) is 4.79 Å². The number of hydrogen-bond acceptors (Lipinski definition) is 4. The Kier molecular flexibility index (Phi) is 7.75. The largest absolute Gasteiger partial charge is 0.495 e. The average molecular weight is 404 g/mol. The molecule has 1 aromatic rings. The van der Waals surface area contributed by atoms with E-state index in [0.717, 1.165) is 19.3 Å². The fraction of sp³-hybridized carbons (Fsp3) is 0.636. The minimum atomic E-state index is -0.286. The highest BCUT2D eigenvalue weighted by atomic mass is 16.5. The van der Waals surface area contributed by atoms with Gasteiger partial charge in [0.25, 0.3) is 0 Å². The first-order chi connectivity index (χ1) is 14.1. The predicted molar refractivity (Wildman–Crippen MR) is 114 cm³/mol. The van der Waals surface area contributed by atoms with Crippen LogP contribution in [0.25, 0.3) is 0 Å². The number of urea groups is 1. The molecule has 29 heavy (non-hydrogen) atoms. The molecule has 1 aromatic carbocycles. The summed E-state index contributed by atoms with van der Waals surface area (Å²) in [5.41, 5.74) is 1.32. The Morgan fingerprint density at radius 3 is 2.79 bits per heavy atom. The van der Waals surface area contributed by atoms with E-state index in [0.29, 0.717) is 55.3 Å². The number of carbonyl (C=O) groups excluding carboxylic acids is 2. The maximum atomic E-state index is 12.3. The van der Waals surface area contributed by atoms with Crippen molar-refractivity contribution < 1.29 is 19.1 Å². The molecule has 0 bridgehead atoms. The summed E-state index contributed by atoms with van der Waals surface area (Å²) in [6.07, 6.45) is 7.57. The molecule has 2 aliphatic rings. The van der Waals surface area contributed by atoms with Gasteiger partial charge in [-0.2, -0.15) is 0 Å². The first-order valence-corrected chi connectivity index (χ1v) is 10.7. The molecule has 0 unspecified atom stereocenters. The summed E-state index contributed by atoms with van der Waals surface area (Å²) in [4.78, 5) is 26.3. The van der Waals surface area contributed by atoms with E-state index >= 15 is 0 Å². The van der Waals surface area contributed by atoms with Crippen molar-refractivity contribution in [2.75, 3.05) is 37.0 Å². The van der Waals surface area contributed by atoms with Gasteiger partial charge >= 0.3 is 6.03 Å². The molecule has 1 aliphatic carbocycles. The summed E-state index contributed by atoms with van der Waals surface area (Å²) in [6, 6.07) is 5.06. The molecular weight excluding hydrogens is 370 g/mol. The number of piperidine rings is 1. The molecule has 1 saturated carbocycles. The Morgan fingerprint density at radius 2 is 2.03 bits per heavy atom. The summed E-state index contributed by atoms with van der Waals surface area (Å²) in [5, 5.41) is 5.67. The summed E-state index contributed by atoms with van der Waals surface area (Å²) in [5.74, 6) is 1.30. The smallest absolute Gasteiger partial charge is 0.319 e. The summed E-state index contributed by atoms with van der Waals surface area (Å²) < 4.78 is 11.3. The van der Waals surface area contributed by atoms with Crippen LogP contribution in [0, 0.1) is 5.92 Å². The highest BCUT2D eigenvalue weighted by molar-refractivity contribution is 5.97. The van der Waals surface area contributed by atoms with Gasteiger partial charge in [-0.15, -0.1) is 0 Å². The van der Waals surface area contributed by atoms with Crippen LogP contribution in [0.15, 0.2) is 18.2 Å². The maximum absolute atomic E-state index is 12.3. The van der Waals surface area contributed by atoms with Crippen LogP contribution in [-0.4, -0.2) is 44.8 Å². The highest BCUT2D eigenvalue weighted by Gasteiger charge is 2.23. The number of rotatable bonds is 7.